The highest BCUT2D eigenvalue weighted by molar-refractivity contribution is 5.08. The van der Waals surface area contributed by atoms with Gasteiger partial charge in [-0.3, -0.25) is 0 Å². The molecule has 3 aliphatic rings. The topological polar surface area (TPSA) is 47.9 Å². The van der Waals surface area contributed by atoms with E-state index in [9.17, 15) is 5.11 Å². The molecule has 3 rings (SSSR count). The molecular weight excluding hydrogens is 220 g/mol. The minimum absolute atomic E-state index is 0.309. The van der Waals surface area contributed by atoms with E-state index in [0.717, 1.165) is 19.3 Å². The second-order valence-corrected chi connectivity index (χ2v) is 6.00. The zero-order valence-corrected chi connectivity index (χ0v) is 10.6. The van der Waals surface area contributed by atoms with Crippen LogP contribution >= 0.6 is 0 Å². The van der Waals surface area contributed by atoms with Crippen LogP contribution in [0.2, 0.25) is 0 Å². The minimum atomic E-state index is -0.685. The highest BCUT2D eigenvalue weighted by atomic mass is 16.7. The van der Waals surface area contributed by atoms with Crippen LogP contribution in [0.25, 0.3) is 0 Å². The third kappa shape index (κ3) is 1.65. The summed E-state index contributed by atoms with van der Waals surface area (Å²) in [6, 6.07) is 0. The van der Waals surface area contributed by atoms with E-state index in [-0.39, 0.29) is 5.79 Å². The molecule has 1 N–H and O–H groups in total. The zero-order valence-electron chi connectivity index (χ0n) is 10.6. The van der Waals surface area contributed by atoms with Crippen LogP contribution < -0.4 is 0 Å². The molecule has 0 aromatic heterocycles. The summed E-state index contributed by atoms with van der Waals surface area (Å²) in [6.07, 6.45) is 2.57. The van der Waals surface area contributed by atoms with Crippen molar-refractivity contribution in [3.63, 3.8) is 0 Å². The predicted molar refractivity (Wildman–Crippen MR) is 61.5 cm³/mol. The van der Waals surface area contributed by atoms with E-state index in [0.29, 0.717) is 37.6 Å². The van der Waals surface area contributed by atoms with Gasteiger partial charge < -0.3 is 19.3 Å². The SMILES string of the molecule is COCC1(O)CC2CC(C)C(C1)C21OCCO1. The first-order chi connectivity index (χ1) is 8.10. The fraction of sp³-hybridized carbons (Fsp3) is 1.00. The Kier molecular flexibility index (Phi) is 2.74. The molecule has 4 nitrogen and oxygen atoms in total. The lowest BCUT2D eigenvalue weighted by Gasteiger charge is -2.46. The van der Waals surface area contributed by atoms with Crippen LogP contribution in [0.5, 0.6) is 0 Å². The Balaban J connectivity index is 1.86. The first-order valence-corrected chi connectivity index (χ1v) is 6.59. The van der Waals surface area contributed by atoms with E-state index in [4.69, 9.17) is 14.2 Å². The van der Waals surface area contributed by atoms with Gasteiger partial charge in [0.2, 0.25) is 0 Å². The number of aliphatic hydroxyl groups is 1. The number of methoxy groups -OCH3 is 1. The highest BCUT2D eigenvalue weighted by Crippen LogP contribution is 2.58. The summed E-state index contributed by atoms with van der Waals surface area (Å²) in [5.41, 5.74) is -0.685. The molecule has 2 saturated carbocycles. The van der Waals surface area contributed by atoms with Crippen LogP contribution in [0.1, 0.15) is 26.2 Å². The van der Waals surface area contributed by atoms with E-state index in [2.05, 4.69) is 6.92 Å². The molecule has 0 amide bonds. The Hall–Kier alpha value is -0.160. The molecule has 1 saturated heterocycles. The summed E-state index contributed by atoms with van der Waals surface area (Å²) in [4.78, 5) is 0. The molecule has 0 radical (unpaired) electrons. The molecular formula is C13H22O4. The highest BCUT2D eigenvalue weighted by Gasteiger charge is 2.63. The predicted octanol–water partition coefficient (Wildman–Crippen LogP) is 1.17. The second-order valence-electron chi connectivity index (χ2n) is 6.00. The first-order valence-electron chi connectivity index (χ1n) is 6.59. The van der Waals surface area contributed by atoms with Gasteiger partial charge in [-0.15, -0.1) is 0 Å². The van der Waals surface area contributed by atoms with E-state index in [1.165, 1.54) is 0 Å². The van der Waals surface area contributed by atoms with Crippen molar-refractivity contribution >= 4 is 0 Å². The van der Waals surface area contributed by atoms with Gasteiger partial charge in [0, 0.05) is 18.9 Å². The van der Waals surface area contributed by atoms with Gasteiger partial charge in [0.05, 0.1) is 25.4 Å². The Morgan fingerprint density at radius 3 is 2.59 bits per heavy atom. The van der Waals surface area contributed by atoms with Gasteiger partial charge in [0.25, 0.3) is 0 Å². The smallest absolute Gasteiger partial charge is 0.174 e. The minimum Gasteiger partial charge on any atom is -0.387 e. The van der Waals surface area contributed by atoms with Gasteiger partial charge in [-0.1, -0.05) is 6.92 Å². The Labute approximate surface area is 102 Å². The average molecular weight is 242 g/mol. The van der Waals surface area contributed by atoms with Gasteiger partial charge >= 0.3 is 0 Å². The van der Waals surface area contributed by atoms with Crippen LogP contribution in [0.3, 0.4) is 0 Å². The number of ether oxygens (including phenoxy) is 3. The molecule has 4 atom stereocenters. The van der Waals surface area contributed by atoms with Crippen LogP contribution in [0.15, 0.2) is 0 Å². The van der Waals surface area contributed by atoms with Crippen molar-refractivity contribution in [1.29, 1.82) is 0 Å². The van der Waals surface area contributed by atoms with Crippen molar-refractivity contribution in [3.05, 3.63) is 0 Å². The average Bonchev–Trinajstić information content (AvgIpc) is 2.78. The molecule has 3 fully saturated rings. The molecule has 1 aliphatic heterocycles. The molecule has 4 heteroatoms. The molecule has 1 spiro atoms. The van der Waals surface area contributed by atoms with Crippen LogP contribution in [0.4, 0.5) is 0 Å². The third-order valence-corrected chi connectivity index (χ3v) is 4.81. The summed E-state index contributed by atoms with van der Waals surface area (Å²) >= 11 is 0. The summed E-state index contributed by atoms with van der Waals surface area (Å²) < 4.78 is 17.0. The maximum atomic E-state index is 10.6. The van der Waals surface area contributed by atoms with Gasteiger partial charge in [0.15, 0.2) is 5.79 Å². The van der Waals surface area contributed by atoms with Crippen molar-refractivity contribution in [2.24, 2.45) is 17.8 Å². The molecule has 2 aliphatic carbocycles. The maximum absolute atomic E-state index is 10.6. The fourth-order valence-electron chi connectivity index (χ4n) is 4.28. The fourth-order valence-corrected chi connectivity index (χ4v) is 4.28. The van der Waals surface area contributed by atoms with E-state index < -0.39 is 5.60 Å². The standard InChI is InChI=1S/C13H22O4/c1-9-5-10-6-12(14,8-15-2)7-11(9)13(10)16-3-4-17-13/h9-11,14H,3-8H2,1-2H3. The first kappa shape index (κ1) is 11.9. The lowest BCUT2D eigenvalue weighted by molar-refractivity contribution is -0.255. The monoisotopic (exact) mass is 242 g/mol. The lowest BCUT2D eigenvalue weighted by atomic mass is 9.73. The molecule has 17 heavy (non-hydrogen) atoms. The van der Waals surface area contributed by atoms with E-state index in [1.807, 2.05) is 0 Å². The number of hydrogen-bond acceptors (Lipinski definition) is 4. The number of hydrogen-bond donors (Lipinski definition) is 1. The lowest BCUT2D eigenvalue weighted by Crippen LogP contribution is -2.54. The Bertz CT molecular complexity index is 300. The molecule has 4 unspecified atom stereocenters. The molecule has 98 valence electrons. The summed E-state index contributed by atoms with van der Waals surface area (Å²) in [6.45, 7) is 4.06. The van der Waals surface area contributed by atoms with Gasteiger partial charge in [-0.2, -0.15) is 0 Å². The van der Waals surface area contributed by atoms with Crippen LogP contribution in [0, 0.1) is 17.8 Å². The van der Waals surface area contributed by atoms with Crippen molar-refractivity contribution in [2.75, 3.05) is 26.9 Å². The van der Waals surface area contributed by atoms with Crippen LogP contribution in [-0.4, -0.2) is 43.4 Å². The normalized spacial score (nSPS) is 47.8. The molecule has 0 aromatic carbocycles. The van der Waals surface area contributed by atoms with Crippen molar-refractivity contribution in [1.82, 2.24) is 0 Å². The number of rotatable bonds is 2. The maximum Gasteiger partial charge on any atom is 0.174 e. The molecule has 1 heterocycles. The molecule has 2 bridgehead atoms. The van der Waals surface area contributed by atoms with Crippen molar-refractivity contribution in [3.8, 4) is 0 Å². The Morgan fingerprint density at radius 1 is 1.29 bits per heavy atom. The zero-order chi connectivity index (χ0) is 12.1. The Morgan fingerprint density at radius 2 is 2.00 bits per heavy atom. The van der Waals surface area contributed by atoms with Gasteiger partial charge in [-0.05, 0) is 25.2 Å². The summed E-state index contributed by atoms with van der Waals surface area (Å²) in [5, 5.41) is 10.6. The van der Waals surface area contributed by atoms with E-state index in [1.54, 1.807) is 7.11 Å². The van der Waals surface area contributed by atoms with Crippen LogP contribution in [-0.2, 0) is 14.2 Å². The second kappa shape index (κ2) is 3.92. The van der Waals surface area contributed by atoms with Crippen molar-refractivity contribution < 1.29 is 19.3 Å². The molecule has 0 aromatic rings. The summed E-state index contributed by atoms with van der Waals surface area (Å²) in [5.74, 6) is 0.797. The van der Waals surface area contributed by atoms with Crippen molar-refractivity contribution in [2.45, 2.75) is 37.6 Å². The summed E-state index contributed by atoms with van der Waals surface area (Å²) in [7, 11) is 1.65. The quantitative estimate of drug-likeness (QED) is 0.789. The largest absolute Gasteiger partial charge is 0.387 e. The third-order valence-electron chi connectivity index (χ3n) is 4.81. The van der Waals surface area contributed by atoms with Gasteiger partial charge in [-0.25, -0.2) is 0 Å². The van der Waals surface area contributed by atoms with Gasteiger partial charge in [0.1, 0.15) is 0 Å². The van der Waals surface area contributed by atoms with E-state index >= 15 is 0 Å².